The Labute approximate surface area is 115 Å². The quantitative estimate of drug-likeness (QED) is 0.864. The minimum Gasteiger partial charge on any atom is -0.387 e. The highest BCUT2D eigenvalue weighted by molar-refractivity contribution is 9.10. The normalized spacial score (nSPS) is 21.8. The van der Waals surface area contributed by atoms with Crippen LogP contribution in [0.2, 0.25) is 0 Å². The molecule has 0 radical (unpaired) electrons. The van der Waals surface area contributed by atoms with E-state index in [-0.39, 0.29) is 6.10 Å². The van der Waals surface area contributed by atoms with Crippen LogP contribution in [0, 0.1) is 0 Å². The third kappa shape index (κ3) is 4.33. The van der Waals surface area contributed by atoms with Gasteiger partial charge in [-0.1, -0.05) is 28.1 Å². The molecule has 1 aromatic rings. The van der Waals surface area contributed by atoms with Crippen molar-refractivity contribution in [2.75, 3.05) is 32.9 Å². The van der Waals surface area contributed by atoms with E-state index in [0.29, 0.717) is 32.9 Å². The van der Waals surface area contributed by atoms with Gasteiger partial charge in [0, 0.05) is 17.6 Å². The van der Waals surface area contributed by atoms with Crippen molar-refractivity contribution in [3.8, 4) is 0 Å². The highest BCUT2D eigenvalue weighted by atomic mass is 79.9. The summed E-state index contributed by atoms with van der Waals surface area (Å²) in [6.45, 7) is 3.17. The lowest BCUT2D eigenvalue weighted by molar-refractivity contribution is -0.0868. The molecule has 2 rings (SSSR count). The number of rotatable bonds is 5. The van der Waals surface area contributed by atoms with Crippen molar-refractivity contribution in [1.29, 1.82) is 0 Å². The van der Waals surface area contributed by atoms with E-state index >= 15 is 0 Å². The molecule has 1 aliphatic rings. The fraction of sp³-hybridized carbons (Fsp3) is 0.538. The Kier molecular flexibility index (Phi) is 5.59. The molecule has 5 heteroatoms. The molecule has 2 N–H and O–H groups in total. The molecule has 0 spiro atoms. The van der Waals surface area contributed by atoms with E-state index in [2.05, 4.69) is 21.2 Å². The first-order valence-corrected chi connectivity index (χ1v) is 6.88. The standard InChI is InChI=1S/C13H18BrNO3/c14-11-3-1-2-10(6-11)13(16)8-15-7-12-9-17-4-5-18-12/h1-3,6,12-13,15-16H,4-5,7-9H2. The van der Waals surface area contributed by atoms with Crippen molar-refractivity contribution in [2.45, 2.75) is 12.2 Å². The van der Waals surface area contributed by atoms with Gasteiger partial charge in [0.2, 0.25) is 0 Å². The summed E-state index contributed by atoms with van der Waals surface area (Å²) in [5, 5.41) is 13.2. The third-order valence-corrected chi connectivity index (χ3v) is 3.32. The van der Waals surface area contributed by atoms with Crippen LogP contribution in [0.5, 0.6) is 0 Å². The molecule has 0 amide bonds. The summed E-state index contributed by atoms with van der Waals surface area (Å²) >= 11 is 3.39. The van der Waals surface area contributed by atoms with Gasteiger partial charge in [-0.25, -0.2) is 0 Å². The van der Waals surface area contributed by atoms with E-state index in [1.165, 1.54) is 0 Å². The highest BCUT2D eigenvalue weighted by Gasteiger charge is 2.14. The molecule has 1 heterocycles. The molecule has 1 aliphatic heterocycles. The predicted octanol–water partition coefficient (Wildman–Crippen LogP) is 1.49. The average Bonchev–Trinajstić information content (AvgIpc) is 2.40. The molecular weight excluding hydrogens is 298 g/mol. The minimum absolute atomic E-state index is 0.0912. The van der Waals surface area contributed by atoms with Gasteiger partial charge in [0.25, 0.3) is 0 Å². The van der Waals surface area contributed by atoms with E-state index < -0.39 is 6.10 Å². The lowest BCUT2D eigenvalue weighted by Crippen LogP contribution is -2.38. The van der Waals surface area contributed by atoms with Crippen LogP contribution < -0.4 is 5.32 Å². The zero-order valence-electron chi connectivity index (χ0n) is 10.1. The van der Waals surface area contributed by atoms with Crippen molar-refractivity contribution >= 4 is 15.9 Å². The summed E-state index contributed by atoms with van der Waals surface area (Å²) < 4.78 is 11.8. The van der Waals surface area contributed by atoms with Crippen LogP contribution in [0.25, 0.3) is 0 Å². The van der Waals surface area contributed by atoms with Crippen molar-refractivity contribution in [3.63, 3.8) is 0 Å². The Balaban J connectivity index is 1.72. The smallest absolute Gasteiger partial charge is 0.0933 e. The predicted molar refractivity (Wildman–Crippen MR) is 72.5 cm³/mol. The second-order valence-electron chi connectivity index (χ2n) is 4.30. The summed E-state index contributed by atoms with van der Waals surface area (Å²) in [5.74, 6) is 0. The lowest BCUT2D eigenvalue weighted by atomic mass is 10.1. The van der Waals surface area contributed by atoms with Crippen LogP contribution in [-0.2, 0) is 9.47 Å². The monoisotopic (exact) mass is 315 g/mol. The second-order valence-corrected chi connectivity index (χ2v) is 5.21. The first-order valence-electron chi connectivity index (χ1n) is 6.09. The molecule has 100 valence electrons. The Hall–Kier alpha value is -0.460. The summed E-state index contributed by atoms with van der Waals surface area (Å²) in [4.78, 5) is 0. The Bertz CT molecular complexity index is 369. The number of halogens is 1. The van der Waals surface area contributed by atoms with Crippen LogP contribution >= 0.6 is 15.9 Å². The van der Waals surface area contributed by atoms with Crippen LogP contribution in [0.15, 0.2) is 28.7 Å². The number of hydrogen-bond acceptors (Lipinski definition) is 4. The van der Waals surface area contributed by atoms with E-state index in [9.17, 15) is 5.11 Å². The van der Waals surface area contributed by atoms with Crippen LogP contribution in [0.4, 0.5) is 0 Å². The van der Waals surface area contributed by atoms with Gasteiger partial charge >= 0.3 is 0 Å². The van der Waals surface area contributed by atoms with Crippen molar-refractivity contribution in [3.05, 3.63) is 34.3 Å². The van der Waals surface area contributed by atoms with Crippen LogP contribution in [0.3, 0.4) is 0 Å². The number of aliphatic hydroxyl groups is 1. The summed E-state index contributed by atoms with van der Waals surface area (Å²) in [6, 6.07) is 7.70. The first-order chi connectivity index (χ1) is 8.75. The topological polar surface area (TPSA) is 50.7 Å². The van der Waals surface area contributed by atoms with Gasteiger partial charge in [-0.15, -0.1) is 0 Å². The summed E-state index contributed by atoms with van der Waals surface area (Å²) in [6.07, 6.45) is -0.416. The average molecular weight is 316 g/mol. The highest BCUT2D eigenvalue weighted by Crippen LogP contribution is 2.17. The first kappa shape index (κ1) is 14.0. The molecule has 1 saturated heterocycles. The van der Waals surface area contributed by atoms with Gasteiger partial charge in [0.1, 0.15) is 0 Å². The fourth-order valence-corrected chi connectivity index (χ4v) is 2.28. The second kappa shape index (κ2) is 7.21. The van der Waals surface area contributed by atoms with Gasteiger partial charge in [-0.05, 0) is 17.7 Å². The van der Waals surface area contributed by atoms with Crippen molar-refractivity contribution < 1.29 is 14.6 Å². The number of nitrogens with one attached hydrogen (secondary N) is 1. The molecular formula is C13H18BrNO3. The summed E-state index contributed by atoms with van der Waals surface area (Å²) in [7, 11) is 0. The zero-order chi connectivity index (χ0) is 12.8. The number of aliphatic hydroxyl groups excluding tert-OH is 1. The molecule has 2 atom stereocenters. The van der Waals surface area contributed by atoms with E-state index in [4.69, 9.17) is 9.47 Å². The molecule has 0 saturated carbocycles. The van der Waals surface area contributed by atoms with Gasteiger partial charge in [0.15, 0.2) is 0 Å². The zero-order valence-corrected chi connectivity index (χ0v) is 11.7. The maximum absolute atomic E-state index is 10.0. The lowest BCUT2D eigenvalue weighted by Gasteiger charge is -2.23. The van der Waals surface area contributed by atoms with Gasteiger partial charge < -0.3 is 19.9 Å². The molecule has 2 unspecified atom stereocenters. The molecule has 0 aromatic heterocycles. The molecule has 4 nitrogen and oxygen atoms in total. The number of ether oxygens (including phenoxy) is 2. The van der Waals surface area contributed by atoms with E-state index in [1.807, 2.05) is 24.3 Å². The molecule has 0 aliphatic carbocycles. The summed E-state index contributed by atoms with van der Waals surface area (Å²) in [5.41, 5.74) is 0.901. The number of benzene rings is 1. The van der Waals surface area contributed by atoms with Crippen LogP contribution in [0.1, 0.15) is 11.7 Å². The third-order valence-electron chi connectivity index (χ3n) is 2.83. The minimum atomic E-state index is -0.507. The van der Waals surface area contributed by atoms with Crippen molar-refractivity contribution in [1.82, 2.24) is 5.32 Å². The van der Waals surface area contributed by atoms with E-state index in [1.54, 1.807) is 0 Å². The van der Waals surface area contributed by atoms with Gasteiger partial charge in [-0.3, -0.25) is 0 Å². The van der Waals surface area contributed by atoms with Gasteiger partial charge in [-0.2, -0.15) is 0 Å². The Morgan fingerprint density at radius 3 is 3.06 bits per heavy atom. The molecule has 0 bridgehead atoms. The van der Waals surface area contributed by atoms with Gasteiger partial charge in [0.05, 0.1) is 32.0 Å². The Morgan fingerprint density at radius 1 is 1.44 bits per heavy atom. The Morgan fingerprint density at radius 2 is 2.33 bits per heavy atom. The van der Waals surface area contributed by atoms with Crippen LogP contribution in [-0.4, -0.2) is 44.1 Å². The van der Waals surface area contributed by atoms with E-state index in [0.717, 1.165) is 10.0 Å². The van der Waals surface area contributed by atoms with Crippen molar-refractivity contribution in [2.24, 2.45) is 0 Å². The largest absolute Gasteiger partial charge is 0.387 e. The molecule has 1 aromatic carbocycles. The maximum Gasteiger partial charge on any atom is 0.0933 e. The molecule has 1 fully saturated rings. The fourth-order valence-electron chi connectivity index (χ4n) is 1.87. The number of hydrogen-bond donors (Lipinski definition) is 2. The molecule has 18 heavy (non-hydrogen) atoms. The SMILES string of the molecule is OC(CNCC1COCCO1)c1cccc(Br)c1. The maximum atomic E-state index is 10.0.